The summed E-state index contributed by atoms with van der Waals surface area (Å²) in [7, 11) is 0. The lowest BCUT2D eigenvalue weighted by molar-refractivity contribution is -0.129. The topological polar surface area (TPSA) is 76.7 Å². The Morgan fingerprint density at radius 2 is 1.74 bits per heavy atom. The number of carbonyl (C=O) groups is 2. The average molecular weight is 418 g/mol. The van der Waals surface area contributed by atoms with Crippen molar-refractivity contribution in [3.8, 4) is 11.5 Å². The van der Waals surface area contributed by atoms with E-state index in [9.17, 15) is 9.59 Å². The SMILES string of the molecule is CC(C)[C@H](NC(=O)Cc1cccc2ccccc12)C(=O)NCc1ccc2c(c1)OCO2. The monoisotopic (exact) mass is 418 g/mol. The Morgan fingerprint density at radius 3 is 2.58 bits per heavy atom. The smallest absolute Gasteiger partial charge is 0.243 e. The van der Waals surface area contributed by atoms with Crippen LogP contribution in [0.15, 0.2) is 60.7 Å². The van der Waals surface area contributed by atoms with Crippen molar-refractivity contribution < 1.29 is 19.1 Å². The number of benzene rings is 3. The van der Waals surface area contributed by atoms with Crippen molar-refractivity contribution >= 4 is 22.6 Å². The minimum absolute atomic E-state index is 0.0479. The van der Waals surface area contributed by atoms with E-state index in [2.05, 4.69) is 10.6 Å². The highest BCUT2D eigenvalue weighted by Gasteiger charge is 2.24. The van der Waals surface area contributed by atoms with Crippen LogP contribution in [-0.2, 0) is 22.6 Å². The minimum Gasteiger partial charge on any atom is -0.454 e. The molecule has 0 saturated heterocycles. The molecule has 0 unspecified atom stereocenters. The number of fused-ring (bicyclic) bond motifs is 2. The minimum atomic E-state index is -0.614. The first-order chi connectivity index (χ1) is 15.0. The highest BCUT2D eigenvalue weighted by atomic mass is 16.7. The largest absolute Gasteiger partial charge is 0.454 e. The van der Waals surface area contributed by atoms with E-state index in [1.165, 1.54) is 0 Å². The van der Waals surface area contributed by atoms with Gasteiger partial charge in [0.15, 0.2) is 11.5 Å². The van der Waals surface area contributed by atoms with Gasteiger partial charge in [-0.3, -0.25) is 9.59 Å². The number of nitrogens with one attached hydrogen (secondary N) is 2. The predicted octanol–water partition coefficient (Wildman–Crippen LogP) is 3.57. The second-order valence-corrected chi connectivity index (χ2v) is 8.01. The van der Waals surface area contributed by atoms with Gasteiger partial charge in [0, 0.05) is 6.54 Å². The van der Waals surface area contributed by atoms with Crippen LogP contribution in [0.2, 0.25) is 0 Å². The molecule has 2 amide bonds. The van der Waals surface area contributed by atoms with E-state index in [0.717, 1.165) is 21.9 Å². The lowest BCUT2D eigenvalue weighted by Crippen LogP contribution is -2.49. The molecule has 2 N–H and O–H groups in total. The Hall–Kier alpha value is -3.54. The van der Waals surface area contributed by atoms with Gasteiger partial charge >= 0.3 is 0 Å². The Kier molecular flexibility index (Phi) is 6.07. The van der Waals surface area contributed by atoms with E-state index in [1.807, 2.05) is 74.5 Å². The van der Waals surface area contributed by atoms with Crippen molar-refractivity contribution in [1.82, 2.24) is 10.6 Å². The number of amides is 2. The third-order valence-corrected chi connectivity index (χ3v) is 5.40. The molecule has 4 rings (SSSR count). The van der Waals surface area contributed by atoms with E-state index in [0.29, 0.717) is 18.0 Å². The molecule has 31 heavy (non-hydrogen) atoms. The molecule has 6 nitrogen and oxygen atoms in total. The summed E-state index contributed by atoms with van der Waals surface area (Å²) in [4.78, 5) is 25.6. The van der Waals surface area contributed by atoms with Crippen molar-refractivity contribution in [3.05, 3.63) is 71.8 Å². The van der Waals surface area contributed by atoms with Crippen LogP contribution in [0.5, 0.6) is 11.5 Å². The number of hydrogen-bond acceptors (Lipinski definition) is 4. The van der Waals surface area contributed by atoms with Gasteiger partial charge in [0.05, 0.1) is 6.42 Å². The van der Waals surface area contributed by atoms with Crippen molar-refractivity contribution in [3.63, 3.8) is 0 Å². The van der Waals surface area contributed by atoms with Gasteiger partial charge in [-0.2, -0.15) is 0 Å². The lowest BCUT2D eigenvalue weighted by atomic mass is 10.00. The van der Waals surface area contributed by atoms with E-state index in [1.54, 1.807) is 0 Å². The predicted molar refractivity (Wildman–Crippen MR) is 119 cm³/mol. The standard InChI is InChI=1S/C25H26N2O4/c1-16(2)24(25(29)26-14-17-10-11-21-22(12-17)31-15-30-21)27-23(28)13-19-8-5-7-18-6-3-4-9-20(18)19/h3-12,16,24H,13-15H2,1-2H3,(H,26,29)(H,27,28)/t24-/m0/s1. The normalized spacial score (nSPS) is 13.3. The zero-order chi connectivity index (χ0) is 21.8. The van der Waals surface area contributed by atoms with Gasteiger partial charge < -0.3 is 20.1 Å². The zero-order valence-electron chi connectivity index (χ0n) is 17.7. The van der Waals surface area contributed by atoms with Crippen LogP contribution in [0.25, 0.3) is 10.8 Å². The van der Waals surface area contributed by atoms with Crippen molar-refractivity contribution in [2.24, 2.45) is 5.92 Å². The van der Waals surface area contributed by atoms with E-state index >= 15 is 0 Å². The average Bonchev–Trinajstić information content (AvgIpc) is 3.24. The summed E-state index contributed by atoms with van der Waals surface area (Å²) in [5.74, 6) is 0.951. The van der Waals surface area contributed by atoms with E-state index in [-0.39, 0.29) is 30.9 Å². The van der Waals surface area contributed by atoms with Crippen LogP contribution >= 0.6 is 0 Å². The Bertz CT molecular complexity index is 1100. The first-order valence-electron chi connectivity index (χ1n) is 10.4. The molecule has 160 valence electrons. The van der Waals surface area contributed by atoms with Gasteiger partial charge in [0.2, 0.25) is 18.6 Å². The number of ether oxygens (including phenoxy) is 2. The quantitative estimate of drug-likeness (QED) is 0.615. The number of rotatable bonds is 7. The summed E-state index contributed by atoms with van der Waals surface area (Å²) in [6.07, 6.45) is 0.222. The molecule has 0 aliphatic carbocycles. The summed E-state index contributed by atoms with van der Waals surface area (Å²) in [5.41, 5.74) is 1.85. The van der Waals surface area contributed by atoms with Crippen LogP contribution in [0.4, 0.5) is 0 Å². The van der Waals surface area contributed by atoms with Crippen LogP contribution in [0, 0.1) is 5.92 Å². The molecule has 0 bridgehead atoms. The van der Waals surface area contributed by atoms with Gasteiger partial charge in [-0.05, 0) is 39.9 Å². The summed E-state index contributed by atoms with van der Waals surface area (Å²) < 4.78 is 10.7. The molecule has 0 saturated carbocycles. The molecule has 1 atom stereocenters. The molecule has 1 aliphatic rings. The van der Waals surface area contributed by atoms with E-state index in [4.69, 9.17) is 9.47 Å². The van der Waals surface area contributed by atoms with Crippen molar-refractivity contribution in [1.29, 1.82) is 0 Å². The molecular weight excluding hydrogens is 392 g/mol. The highest BCUT2D eigenvalue weighted by molar-refractivity contribution is 5.92. The summed E-state index contributed by atoms with van der Waals surface area (Å²) >= 11 is 0. The van der Waals surface area contributed by atoms with Gasteiger partial charge in [0.25, 0.3) is 0 Å². The van der Waals surface area contributed by atoms with Crippen LogP contribution in [0.3, 0.4) is 0 Å². The molecule has 1 aliphatic heterocycles. The second-order valence-electron chi connectivity index (χ2n) is 8.01. The fraction of sp³-hybridized carbons (Fsp3) is 0.280. The van der Waals surface area contributed by atoms with Crippen LogP contribution < -0.4 is 20.1 Å². The molecule has 0 spiro atoms. The molecule has 0 radical (unpaired) electrons. The third-order valence-electron chi connectivity index (χ3n) is 5.40. The molecule has 1 heterocycles. The summed E-state index contributed by atoms with van der Waals surface area (Å²) in [6, 6.07) is 18.9. The first kappa shape index (κ1) is 20.7. The summed E-state index contributed by atoms with van der Waals surface area (Å²) in [5, 5.41) is 7.97. The fourth-order valence-corrected chi connectivity index (χ4v) is 3.73. The van der Waals surface area contributed by atoms with Gasteiger partial charge in [-0.25, -0.2) is 0 Å². The maximum atomic E-state index is 12.8. The van der Waals surface area contributed by atoms with Gasteiger partial charge in [-0.15, -0.1) is 0 Å². The van der Waals surface area contributed by atoms with E-state index < -0.39 is 6.04 Å². The highest BCUT2D eigenvalue weighted by Crippen LogP contribution is 2.32. The van der Waals surface area contributed by atoms with Gasteiger partial charge in [-0.1, -0.05) is 62.4 Å². The Balaban J connectivity index is 1.38. The maximum Gasteiger partial charge on any atom is 0.243 e. The molecule has 0 fully saturated rings. The van der Waals surface area contributed by atoms with Crippen LogP contribution in [0.1, 0.15) is 25.0 Å². The maximum absolute atomic E-state index is 12.8. The molecule has 3 aromatic rings. The lowest BCUT2D eigenvalue weighted by Gasteiger charge is -2.22. The fourth-order valence-electron chi connectivity index (χ4n) is 3.73. The second kappa shape index (κ2) is 9.08. The van der Waals surface area contributed by atoms with Crippen molar-refractivity contribution in [2.75, 3.05) is 6.79 Å². The van der Waals surface area contributed by atoms with Gasteiger partial charge in [0.1, 0.15) is 6.04 Å². The first-order valence-corrected chi connectivity index (χ1v) is 10.4. The molecular formula is C25H26N2O4. The Labute approximate surface area is 181 Å². The van der Waals surface area contributed by atoms with Crippen molar-refractivity contribution in [2.45, 2.75) is 32.9 Å². The molecule has 6 heteroatoms. The third kappa shape index (κ3) is 4.79. The number of hydrogen-bond donors (Lipinski definition) is 2. The summed E-state index contributed by atoms with van der Waals surface area (Å²) in [6.45, 7) is 4.40. The zero-order valence-corrected chi connectivity index (χ0v) is 17.7. The molecule has 3 aromatic carbocycles. The number of carbonyl (C=O) groups excluding carboxylic acids is 2. The Morgan fingerprint density at radius 1 is 0.968 bits per heavy atom. The van der Waals surface area contributed by atoms with Crippen LogP contribution in [-0.4, -0.2) is 24.6 Å². The molecule has 0 aromatic heterocycles.